The first-order valence-electron chi connectivity index (χ1n) is 7.01. The van der Waals surface area contributed by atoms with Crippen molar-refractivity contribution in [2.45, 2.75) is 64.8 Å². The topological polar surface area (TPSA) is 77.4 Å². The van der Waals surface area contributed by atoms with Gasteiger partial charge < -0.3 is 15.0 Å². The van der Waals surface area contributed by atoms with Gasteiger partial charge in [-0.1, -0.05) is 5.16 Å². The van der Waals surface area contributed by atoms with Crippen molar-refractivity contribution in [3.05, 3.63) is 11.7 Å². The molecule has 1 aromatic heterocycles. The molecule has 0 aromatic carbocycles. The number of rotatable bonds is 3. The third kappa shape index (κ3) is 3.77. The van der Waals surface area contributed by atoms with Gasteiger partial charge in [-0.15, -0.1) is 0 Å². The number of hydrogen-bond acceptors (Lipinski definition) is 6. The lowest BCUT2D eigenvalue weighted by Gasteiger charge is -2.46. The van der Waals surface area contributed by atoms with Crippen LogP contribution in [-0.4, -0.2) is 39.3 Å². The number of aromatic nitrogens is 2. The fourth-order valence-corrected chi connectivity index (χ4v) is 2.83. The highest BCUT2D eigenvalue weighted by Crippen LogP contribution is 2.28. The van der Waals surface area contributed by atoms with Gasteiger partial charge in [0.2, 0.25) is 5.89 Å². The molecule has 1 aliphatic rings. The molecule has 0 aliphatic carbocycles. The smallest absolute Gasteiger partial charge is 0.240 e. The van der Waals surface area contributed by atoms with Crippen molar-refractivity contribution >= 4 is 0 Å². The molecule has 0 spiro atoms. The number of nitrogens with two attached hydrogens (primary N) is 1. The van der Waals surface area contributed by atoms with E-state index in [1.807, 2.05) is 13.8 Å². The van der Waals surface area contributed by atoms with Crippen LogP contribution in [0.4, 0.5) is 0 Å². The standard InChI is InChI=1S/C14H26N4O2/c1-12(2)8-18(9-13(3,4)20-12)7-10-16-11(17-19-10)14(5,6)15/h7-9,15H2,1-6H3. The summed E-state index contributed by atoms with van der Waals surface area (Å²) in [6.45, 7) is 14.4. The molecule has 1 saturated heterocycles. The summed E-state index contributed by atoms with van der Waals surface area (Å²) >= 11 is 0. The van der Waals surface area contributed by atoms with Crippen LogP contribution in [0.3, 0.4) is 0 Å². The van der Waals surface area contributed by atoms with Gasteiger partial charge in [0.05, 0.1) is 23.3 Å². The Hall–Kier alpha value is -0.980. The maximum Gasteiger partial charge on any atom is 0.240 e. The maximum atomic E-state index is 6.06. The molecule has 6 heteroatoms. The van der Waals surface area contributed by atoms with E-state index < -0.39 is 5.54 Å². The monoisotopic (exact) mass is 282 g/mol. The molecule has 1 aliphatic heterocycles. The predicted molar refractivity (Wildman–Crippen MR) is 76.0 cm³/mol. The van der Waals surface area contributed by atoms with E-state index in [2.05, 4.69) is 42.7 Å². The van der Waals surface area contributed by atoms with Crippen LogP contribution in [0.5, 0.6) is 0 Å². The van der Waals surface area contributed by atoms with Gasteiger partial charge in [0.15, 0.2) is 5.82 Å². The highest BCUT2D eigenvalue weighted by molar-refractivity contribution is 4.99. The Morgan fingerprint density at radius 1 is 1.20 bits per heavy atom. The largest absolute Gasteiger partial charge is 0.367 e. The van der Waals surface area contributed by atoms with E-state index in [1.165, 1.54) is 0 Å². The summed E-state index contributed by atoms with van der Waals surface area (Å²) in [7, 11) is 0. The summed E-state index contributed by atoms with van der Waals surface area (Å²) < 4.78 is 11.4. The summed E-state index contributed by atoms with van der Waals surface area (Å²) in [5, 5.41) is 3.96. The highest BCUT2D eigenvalue weighted by atomic mass is 16.5. The number of ether oxygens (including phenoxy) is 1. The predicted octanol–water partition coefficient (Wildman–Crippen LogP) is 1.65. The Morgan fingerprint density at radius 2 is 1.75 bits per heavy atom. The van der Waals surface area contributed by atoms with E-state index in [1.54, 1.807) is 0 Å². The van der Waals surface area contributed by atoms with Crippen molar-refractivity contribution < 1.29 is 9.26 Å². The minimum absolute atomic E-state index is 0.183. The molecule has 20 heavy (non-hydrogen) atoms. The molecule has 1 aromatic rings. The maximum absolute atomic E-state index is 6.06. The van der Waals surface area contributed by atoms with E-state index in [0.717, 1.165) is 13.1 Å². The highest BCUT2D eigenvalue weighted by Gasteiger charge is 2.38. The lowest BCUT2D eigenvalue weighted by atomic mass is 9.99. The summed E-state index contributed by atoms with van der Waals surface area (Å²) in [6.07, 6.45) is 0. The van der Waals surface area contributed by atoms with Crippen molar-refractivity contribution in [2.75, 3.05) is 13.1 Å². The molecule has 0 saturated carbocycles. The number of morpholine rings is 1. The molecule has 2 N–H and O–H groups in total. The average molecular weight is 282 g/mol. The number of nitrogens with zero attached hydrogens (tertiary/aromatic N) is 3. The van der Waals surface area contributed by atoms with Gasteiger partial charge in [-0.2, -0.15) is 4.98 Å². The zero-order chi connectivity index (χ0) is 15.2. The van der Waals surface area contributed by atoms with E-state index in [4.69, 9.17) is 15.0 Å². The molecule has 0 unspecified atom stereocenters. The van der Waals surface area contributed by atoms with Crippen LogP contribution in [-0.2, 0) is 16.8 Å². The Kier molecular flexibility index (Phi) is 3.69. The summed E-state index contributed by atoms with van der Waals surface area (Å²) in [6, 6.07) is 0. The first kappa shape index (κ1) is 15.4. The molecule has 114 valence electrons. The van der Waals surface area contributed by atoms with E-state index >= 15 is 0 Å². The molecule has 0 amide bonds. The quantitative estimate of drug-likeness (QED) is 0.908. The second kappa shape index (κ2) is 4.79. The van der Waals surface area contributed by atoms with Crippen LogP contribution < -0.4 is 5.73 Å². The molecular formula is C14H26N4O2. The van der Waals surface area contributed by atoms with Gasteiger partial charge >= 0.3 is 0 Å². The van der Waals surface area contributed by atoms with Crippen molar-refractivity contribution in [3.8, 4) is 0 Å². The first-order valence-corrected chi connectivity index (χ1v) is 7.01. The lowest BCUT2D eigenvalue weighted by molar-refractivity contribution is -0.183. The van der Waals surface area contributed by atoms with Crippen LogP contribution in [0.25, 0.3) is 0 Å². The molecule has 0 atom stereocenters. The Labute approximate surface area is 120 Å². The van der Waals surface area contributed by atoms with Crippen molar-refractivity contribution in [1.29, 1.82) is 0 Å². The fourth-order valence-electron chi connectivity index (χ4n) is 2.83. The molecule has 0 bridgehead atoms. The lowest BCUT2D eigenvalue weighted by Crippen LogP contribution is -2.56. The molecule has 1 fully saturated rings. The zero-order valence-corrected chi connectivity index (χ0v) is 13.4. The van der Waals surface area contributed by atoms with Gasteiger partial charge in [0.1, 0.15) is 0 Å². The van der Waals surface area contributed by atoms with Crippen molar-refractivity contribution in [1.82, 2.24) is 15.0 Å². The Bertz CT molecular complexity index is 458. The first-order chi connectivity index (χ1) is 8.97. The van der Waals surface area contributed by atoms with Crippen LogP contribution in [0, 0.1) is 0 Å². The molecule has 2 rings (SSSR count). The molecule has 6 nitrogen and oxygen atoms in total. The van der Waals surface area contributed by atoms with Crippen LogP contribution in [0.2, 0.25) is 0 Å². The van der Waals surface area contributed by atoms with Crippen molar-refractivity contribution in [2.24, 2.45) is 5.73 Å². The second-order valence-corrected chi connectivity index (χ2v) is 7.50. The zero-order valence-electron chi connectivity index (χ0n) is 13.4. The van der Waals surface area contributed by atoms with Gasteiger partial charge in [0, 0.05) is 13.1 Å². The van der Waals surface area contributed by atoms with E-state index in [-0.39, 0.29) is 11.2 Å². The van der Waals surface area contributed by atoms with Gasteiger partial charge in [0.25, 0.3) is 0 Å². The summed E-state index contributed by atoms with van der Waals surface area (Å²) in [4.78, 5) is 6.67. The molecular weight excluding hydrogens is 256 g/mol. The second-order valence-electron chi connectivity index (χ2n) is 7.50. The third-order valence-corrected chi connectivity index (χ3v) is 3.16. The fraction of sp³-hybridized carbons (Fsp3) is 0.857. The average Bonchev–Trinajstić information content (AvgIpc) is 2.59. The van der Waals surface area contributed by atoms with Gasteiger partial charge in [-0.3, -0.25) is 4.90 Å². The summed E-state index contributed by atoms with van der Waals surface area (Å²) in [5.74, 6) is 1.14. The summed E-state index contributed by atoms with van der Waals surface area (Å²) in [5.41, 5.74) is 5.03. The number of hydrogen-bond donors (Lipinski definition) is 1. The van der Waals surface area contributed by atoms with Crippen LogP contribution in [0.15, 0.2) is 4.52 Å². The van der Waals surface area contributed by atoms with Crippen LogP contribution in [0.1, 0.15) is 53.3 Å². The Morgan fingerprint density at radius 3 is 2.20 bits per heavy atom. The van der Waals surface area contributed by atoms with E-state index in [0.29, 0.717) is 18.3 Å². The van der Waals surface area contributed by atoms with Crippen molar-refractivity contribution in [3.63, 3.8) is 0 Å². The van der Waals surface area contributed by atoms with Gasteiger partial charge in [-0.05, 0) is 41.5 Å². The minimum Gasteiger partial charge on any atom is -0.367 e. The van der Waals surface area contributed by atoms with Crippen LogP contribution >= 0.6 is 0 Å². The molecule has 2 heterocycles. The Balaban J connectivity index is 2.08. The minimum atomic E-state index is -0.578. The van der Waals surface area contributed by atoms with Gasteiger partial charge in [-0.25, -0.2) is 0 Å². The van der Waals surface area contributed by atoms with E-state index in [9.17, 15) is 0 Å². The SMILES string of the molecule is CC1(C)CN(Cc2nc(C(C)(C)N)no2)CC(C)(C)O1. The third-order valence-electron chi connectivity index (χ3n) is 3.16. The molecule has 0 radical (unpaired) electrons. The normalized spacial score (nSPS) is 22.9.